The average molecular weight is 294 g/mol. The molecule has 21 heavy (non-hydrogen) atoms. The van der Waals surface area contributed by atoms with Crippen molar-refractivity contribution in [2.45, 2.75) is 51.9 Å². The summed E-state index contributed by atoms with van der Waals surface area (Å²) in [5.74, 6) is 0.167. The second kappa shape index (κ2) is 10.1. The number of phenolic OH excluding ortho intramolecular Hbond substituents is 1. The third-order valence-electron chi connectivity index (χ3n) is 3.54. The van der Waals surface area contributed by atoms with E-state index in [0.29, 0.717) is 6.61 Å². The van der Waals surface area contributed by atoms with Gasteiger partial charge in [0.2, 0.25) is 0 Å². The third-order valence-corrected chi connectivity index (χ3v) is 3.54. The van der Waals surface area contributed by atoms with Crippen molar-refractivity contribution in [2.75, 3.05) is 6.61 Å². The van der Waals surface area contributed by atoms with E-state index < -0.39 is 5.97 Å². The van der Waals surface area contributed by atoms with Gasteiger partial charge in [0, 0.05) is 0 Å². The van der Waals surface area contributed by atoms with E-state index in [1.54, 1.807) is 24.3 Å². The number of carboxylic acids is 1. The molecule has 0 spiro atoms. The van der Waals surface area contributed by atoms with Gasteiger partial charge in [0.05, 0.1) is 12.5 Å². The summed E-state index contributed by atoms with van der Waals surface area (Å²) >= 11 is 0. The van der Waals surface area contributed by atoms with Gasteiger partial charge >= 0.3 is 5.97 Å². The van der Waals surface area contributed by atoms with Crippen molar-refractivity contribution in [1.29, 1.82) is 0 Å². The van der Waals surface area contributed by atoms with Crippen molar-refractivity contribution in [3.63, 3.8) is 0 Å². The summed E-state index contributed by atoms with van der Waals surface area (Å²) in [4.78, 5) is 11.0. The van der Waals surface area contributed by atoms with Crippen LogP contribution in [0.15, 0.2) is 24.3 Å². The van der Waals surface area contributed by atoms with E-state index in [1.807, 2.05) is 6.92 Å². The Hall–Kier alpha value is -1.71. The molecule has 0 aliphatic carbocycles. The summed E-state index contributed by atoms with van der Waals surface area (Å²) in [6.45, 7) is 2.68. The maximum Gasteiger partial charge on any atom is 0.306 e. The Morgan fingerprint density at radius 2 is 1.76 bits per heavy atom. The second-order valence-electron chi connectivity index (χ2n) is 5.37. The van der Waals surface area contributed by atoms with Crippen LogP contribution in [-0.4, -0.2) is 22.8 Å². The summed E-state index contributed by atoms with van der Waals surface area (Å²) in [6.07, 6.45) is 6.52. The average Bonchev–Trinajstić information content (AvgIpc) is 2.46. The highest BCUT2D eigenvalue weighted by molar-refractivity contribution is 5.69. The van der Waals surface area contributed by atoms with E-state index >= 15 is 0 Å². The number of carbonyl (C=O) groups is 1. The number of hydrogen-bond acceptors (Lipinski definition) is 3. The number of rotatable bonds is 11. The first kappa shape index (κ1) is 17.3. The van der Waals surface area contributed by atoms with E-state index in [1.165, 1.54) is 0 Å². The highest BCUT2D eigenvalue weighted by atomic mass is 16.5. The molecule has 1 rings (SSSR count). The van der Waals surface area contributed by atoms with Crippen LogP contribution in [0.3, 0.4) is 0 Å². The molecular formula is C17H26O4. The number of phenols is 1. The largest absolute Gasteiger partial charge is 0.508 e. The molecule has 1 aromatic carbocycles. The molecule has 0 aliphatic rings. The molecular weight excluding hydrogens is 268 g/mol. The Bertz CT molecular complexity index is 400. The van der Waals surface area contributed by atoms with E-state index in [-0.39, 0.29) is 11.7 Å². The van der Waals surface area contributed by atoms with Gasteiger partial charge in [-0.3, -0.25) is 4.79 Å². The van der Waals surface area contributed by atoms with Crippen LogP contribution in [0.2, 0.25) is 0 Å². The summed E-state index contributed by atoms with van der Waals surface area (Å²) in [7, 11) is 0. The maximum atomic E-state index is 11.0. The van der Waals surface area contributed by atoms with Gasteiger partial charge in [0.1, 0.15) is 11.5 Å². The lowest BCUT2D eigenvalue weighted by atomic mass is 9.96. The fraction of sp³-hybridized carbons (Fsp3) is 0.588. The minimum absolute atomic E-state index is 0.178. The van der Waals surface area contributed by atoms with Crippen LogP contribution in [0.5, 0.6) is 11.5 Å². The first-order valence-electron chi connectivity index (χ1n) is 7.78. The molecule has 0 radical (unpaired) electrons. The first-order valence-corrected chi connectivity index (χ1v) is 7.78. The van der Waals surface area contributed by atoms with Crippen LogP contribution in [-0.2, 0) is 4.79 Å². The predicted molar refractivity (Wildman–Crippen MR) is 82.7 cm³/mol. The van der Waals surface area contributed by atoms with Crippen molar-refractivity contribution >= 4 is 5.97 Å². The number of ether oxygens (including phenoxy) is 1. The smallest absolute Gasteiger partial charge is 0.306 e. The number of hydrogen-bond donors (Lipinski definition) is 2. The number of aliphatic carboxylic acids is 1. The molecule has 1 aromatic rings. The molecule has 0 fully saturated rings. The third kappa shape index (κ3) is 7.59. The monoisotopic (exact) mass is 294 g/mol. The lowest BCUT2D eigenvalue weighted by Crippen LogP contribution is -2.13. The van der Waals surface area contributed by atoms with Gasteiger partial charge < -0.3 is 14.9 Å². The predicted octanol–water partition coefficient (Wildman–Crippen LogP) is 4.22. The van der Waals surface area contributed by atoms with Crippen LogP contribution in [0, 0.1) is 5.92 Å². The number of aromatic hydroxyl groups is 1. The van der Waals surface area contributed by atoms with Crippen molar-refractivity contribution < 1.29 is 19.7 Å². The van der Waals surface area contributed by atoms with Crippen molar-refractivity contribution in [3.05, 3.63) is 24.3 Å². The van der Waals surface area contributed by atoms with Gasteiger partial charge in [0.15, 0.2) is 0 Å². The Labute approximate surface area is 126 Å². The lowest BCUT2D eigenvalue weighted by Gasteiger charge is -2.10. The summed E-state index contributed by atoms with van der Waals surface area (Å²) in [5, 5.41) is 18.2. The molecule has 0 heterocycles. The maximum absolute atomic E-state index is 11.0. The SMILES string of the molecule is CCCC(CCCCCCOc1ccc(O)cc1)C(=O)O. The Balaban J connectivity index is 2.04. The molecule has 0 amide bonds. The molecule has 1 atom stereocenters. The van der Waals surface area contributed by atoms with E-state index in [2.05, 4.69) is 0 Å². The molecule has 0 bridgehead atoms. The van der Waals surface area contributed by atoms with Gasteiger partial charge in [-0.05, 0) is 43.5 Å². The molecule has 2 N–H and O–H groups in total. The summed E-state index contributed by atoms with van der Waals surface area (Å²) in [6, 6.07) is 6.71. The van der Waals surface area contributed by atoms with E-state index in [0.717, 1.165) is 50.7 Å². The molecule has 118 valence electrons. The van der Waals surface area contributed by atoms with Gasteiger partial charge in [-0.1, -0.05) is 32.6 Å². The van der Waals surface area contributed by atoms with Crippen molar-refractivity contribution in [2.24, 2.45) is 5.92 Å². The topological polar surface area (TPSA) is 66.8 Å². The first-order chi connectivity index (χ1) is 10.1. The molecule has 0 aromatic heterocycles. The second-order valence-corrected chi connectivity index (χ2v) is 5.37. The zero-order valence-corrected chi connectivity index (χ0v) is 12.8. The van der Waals surface area contributed by atoms with Crippen molar-refractivity contribution in [1.82, 2.24) is 0 Å². The van der Waals surface area contributed by atoms with Gasteiger partial charge in [-0.25, -0.2) is 0 Å². The number of carboxylic acid groups (broad SMARTS) is 1. The van der Waals surface area contributed by atoms with E-state index in [4.69, 9.17) is 14.9 Å². The highest BCUT2D eigenvalue weighted by Gasteiger charge is 2.15. The molecule has 4 nitrogen and oxygen atoms in total. The zero-order chi connectivity index (χ0) is 15.5. The number of unbranched alkanes of at least 4 members (excludes halogenated alkanes) is 3. The minimum atomic E-state index is -0.660. The fourth-order valence-electron chi connectivity index (χ4n) is 2.32. The van der Waals surface area contributed by atoms with Crippen LogP contribution < -0.4 is 4.74 Å². The molecule has 0 saturated carbocycles. The Kier molecular flexibility index (Phi) is 8.32. The van der Waals surface area contributed by atoms with Crippen LogP contribution in [0.25, 0.3) is 0 Å². The van der Waals surface area contributed by atoms with Crippen molar-refractivity contribution in [3.8, 4) is 11.5 Å². The molecule has 0 aliphatic heterocycles. The Morgan fingerprint density at radius 3 is 2.38 bits per heavy atom. The summed E-state index contributed by atoms with van der Waals surface area (Å²) < 4.78 is 5.56. The fourth-order valence-corrected chi connectivity index (χ4v) is 2.32. The highest BCUT2D eigenvalue weighted by Crippen LogP contribution is 2.18. The van der Waals surface area contributed by atoms with Crippen LogP contribution in [0.4, 0.5) is 0 Å². The summed E-state index contributed by atoms with van der Waals surface area (Å²) in [5.41, 5.74) is 0. The molecule has 1 unspecified atom stereocenters. The van der Waals surface area contributed by atoms with E-state index in [9.17, 15) is 4.79 Å². The van der Waals surface area contributed by atoms with Gasteiger partial charge in [-0.15, -0.1) is 0 Å². The zero-order valence-electron chi connectivity index (χ0n) is 12.8. The van der Waals surface area contributed by atoms with Gasteiger partial charge in [0.25, 0.3) is 0 Å². The minimum Gasteiger partial charge on any atom is -0.508 e. The number of benzene rings is 1. The van der Waals surface area contributed by atoms with Crippen LogP contribution in [0.1, 0.15) is 51.9 Å². The molecule has 0 saturated heterocycles. The molecule has 4 heteroatoms. The quantitative estimate of drug-likeness (QED) is 0.600. The normalized spacial score (nSPS) is 12.0. The standard InChI is InChI=1S/C17H26O4/c1-2-7-14(17(19)20)8-5-3-4-6-13-21-16-11-9-15(18)10-12-16/h9-12,14,18H,2-8,13H2,1H3,(H,19,20). The Morgan fingerprint density at radius 1 is 1.10 bits per heavy atom. The van der Waals surface area contributed by atoms with Crippen LogP contribution >= 0.6 is 0 Å². The van der Waals surface area contributed by atoms with Gasteiger partial charge in [-0.2, -0.15) is 0 Å². The lowest BCUT2D eigenvalue weighted by molar-refractivity contribution is -0.142.